The van der Waals surface area contributed by atoms with Crippen LogP contribution in [-0.4, -0.2) is 11.6 Å². The summed E-state index contributed by atoms with van der Waals surface area (Å²) in [6, 6.07) is 7.71. The first-order chi connectivity index (χ1) is 9.22. The Hall–Kier alpha value is -1.59. The maximum absolute atomic E-state index is 5.90. The first-order valence-corrected chi connectivity index (χ1v) is 6.76. The number of nitrogens with two attached hydrogens (primary N) is 1. The number of rotatable bonds is 3. The number of ether oxygens (including phenoxy) is 2. The van der Waals surface area contributed by atoms with Crippen molar-refractivity contribution in [1.82, 2.24) is 4.98 Å². The number of hydrogen-bond acceptors (Lipinski definition) is 4. The topological polar surface area (TPSA) is 57.4 Å². The van der Waals surface area contributed by atoms with Crippen molar-refractivity contribution >= 4 is 15.9 Å². The zero-order valence-electron chi connectivity index (χ0n) is 10.2. The molecule has 1 atom stereocenters. The lowest BCUT2D eigenvalue weighted by molar-refractivity contribution is 0.300. The van der Waals surface area contributed by atoms with Crippen LogP contribution >= 0.6 is 15.9 Å². The van der Waals surface area contributed by atoms with E-state index in [1.165, 1.54) is 0 Å². The monoisotopic (exact) mass is 320 g/mol. The highest BCUT2D eigenvalue weighted by Gasteiger charge is 2.20. The quantitative estimate of drug-likeness (QED) is 0.944. The molecule has 0 aliphatic carbocycles. The van der Waals surface area contributed by atoms with Gasteiger partial charge in [-0.25, -0.2) is 0 Å². The lowest BCUT2D eigenvalue weighted by Gasteiger charge is -2.08. The van der Waals surface area contributed by atoms with E-state index in [0.29, 0.717) is 13.2 Å². The Labute approximate surface area is 119 Å². The van der Waals surface area contributed by atoms with Gasteiger partial charge in [-0.2, -0.15) is 0 Å². The van der Waals surface area contributed by atoms with Crippen LogP contribution < -0.4 is 15.2 Å². The van der Waals surface area contributed by atoms with Gasteiger partial charge in [-0.1, -0.05) is 0 Å². The summed E-state index contributed by atoms with van der Waals surface area (Å²) < 4.78 is 12.2. The van der Waals surface area contributed by atoms with Gasteiger partial charge in [0.05, 0.1) is 6.04 Å². The SMILES string of the molecule is NC1COc2cc(OCc3cncc(Br)c3)ccc21. The Balaban J connectivity index is 1.71. The maximum atomic E-state index is 5.90. The molecule has 0 spiro atoms. The summed E-state index contributed by atoms with van der Waals surface area (Å²) in [5, 5.41) is 0. The predicted molar refractivity (Wildman–Crippen MR) is 75.1 cm³/mol. The van der Waals surface area contributed by atoms with Gasteiger partial charge in [-0.3, -0.25) is 4.98 Å². The van der Waals surface area contributed by atoms with E-state index in [2.05, 4.69) is 20.9 Å². The highest BCUT2D eigenvalue weighted by Crippen LogP contribution is 2.34. The number of fused-ring (bicyclic) bond motifs is 1. The van der Waals surface area contributed by atoms with Crippen LogP contribution in [0.25, 0.3) is 0 Å². The summed E-state index contributed by atoms with van der Waals surface area (Å²) in [5.74, 6) is 1.59. The molecular weight excluding hydrogens is 308 g/mol. The molecule has 4 nitrogen and oxygen atoms in total. The standard InChI is InChI=1S/C14H13BrN2O2/c15-10-3-9(5-17-6-10)7-18-11-1-2-12-13(16)8-19-14(12)4-11/h1-6,13H,7-8,16H2. The second-order valence-electron chi connectivity index (χ2n) is 4.42. The van der Waals surface area contributed by atoms with E-state index >= 15 is 0 Å². The van der Waals surface area contributed by atoms with E-state index in [-0.39, 0.29) is 6.04 Å². The molecule has 1 aliphatic rings. The molecule has 2 N–H and O–H groups in total. The van der Waals surface area contributed by atoms with Crippen molar-refractivity contribution in [1.29, 1.82) is 0 Å². The van der Waals surface area contributed by atoms with Crippen LogP contribution in [0.5, 0.6) is 11.5 Å². The predicted octanol–water partition coefficient (Wildman–Crippen LogP) is 2.82. The third-order valence-electron chi connectivity index (χ3n) is 2.97. The van der Waals surface area contributed by atoms with E-state index < -0.39 is 0 Å². The number of aromatic nitrogens is 1. The molecule has 0 fully saturated rings. The average molecular weight is 321 g/mol. The third kappa shape index (κ3) is 2.72. The van der Waals surface area contributed by atoms with E-state index in [4.69, 9.17) is 15.2 Å². The molecule has 0 saturated carbocycles. The Morgan fingerprint density at radius 1 is 1.37 bits per heavy atom. The summed E-state index contributed by atoms with van der Waals surface area (Å²) >= 11 is 3.38. The molecule has 2 aromatic rings. The fraction of sp³-hybridized carbons (Fsp3) is 0.214. The van der Waals surface area contributed by atoms with Crippen molar-refractivity contribution in [2.45, 2.75) is 12.6 Å². The molecule has 0 radical (unpaired) electrons. The van der Waals surface area contributed by atoms with Gasteiger partial charge in [-0.15, -0.1) is 0 Å². The molecule has 0 saturated heterocycles. The minimum Gasteiger partial charge on any atom is -0.491 e. The minimum absolute atomic E-state index is 0.0293. The van der Waals surface area contributed by atoms with Gasteiger partial charge in [0.1, 0.15) is 24.7 Å². The zero-order chi connectivity index (χ0) is 13.2. The number of hydrogen-bond donors (Lipinski definition) is 1. The van der Waals surface area contributed by atoms with Crippen LogP contribution in [-0.2, 0) is 6.61 Å². The molecule has 1 aromatic heterocycles. The molecule has 1 aromatic carbocycles. The van der Waals surface area contributed by atoms with Crippen molar-refractivity contribution in [3.63, 3.8) is 0 Å². The van der Waals surface area contributed by atoms with Gasteiger partial charge >= 0.3 is 0 Å². The molecule has 19 heavy (non-hydrogen) atoms. The minimum atomic E-state index is -0.0293. The van der Waals surface area contributed by atoms with Crippen LogP contribution in [0.3, 0.4) is 0 Å². The van der Waals surface area contributed by atoms with E-state index in [0.717, 1.165) is 27.1 Å². The van der Waals surface area contributed by atoms with Gasteiger partial charge in [0, 0.05) is 34.1 Å². The molecule has 0 bridgehead atoms. The van der Waals surface area contributed by atoms with Gasteiger partial charge in [-0.05, 0) is 34.1 Å². The van der Waals surface area contributed by atoms with Gasteiger partial charge in [0.25, 0.3) is 0 Å². The second-order valence-corrected chi connectivity index (χ2v) is 5.33. The van der Waals surface area contributed by atoms with Crippen LogP contribution in [0, 0.1) is 0 Å². The number of halogens is 1. The smallest absolute Gasteiger partial charge is 0.127 e. The fourth-order valence-corrected chi connectivity index (χ4v) is 2.42. The summed E-state index contributed by atoms with van der Waals surface area (Å²) in [4.78, 5) is 4.10. The second kappa shape index (κ2) is 5.19. The summed E-state index contributed by atoms with van der Waals surface area (Å²) in [5.41, 5.74) is 7.94. The van der Waals surface area contributed by atoms with Crippen molar-refractivity contribution in [3.8, 4) is 11.5 Å². The number of pyridine rings is 1. The van der Waals surface area contributed by atoms with Crippen LogP contribution in [0.4, 0.5) is 0 Å². The zero-order valence-corrected chi connectivity index (χ0v) is 11.8. The molecule has 3 rings (SSSR count). The maximum Gasteiger partial charge on any atom is 0.127 e. The third-order valence-corrected chi connectivity index (χ3v) is 3.40. The van der Waals surface area contributed by atoms with Gasteiger partial charge in [0.2, 0.25) is 0 Å². The highest BCUT2D eigenvalue weighted by molar-refractivity contribution is 9.10. The Kier molecular flexibility index (Phi) is 3.40. The number of nitrogens with zero attached hydrogens (tertiary/aromatic N) is 1. The Morgan fingerprint density at radius 2 is 2.26 bits per heavy atom. The summed E-state index contributed by atoms with van der Waals surface area (Å²) in [7, 11) is 0. The fourth-order valence-electron chi connectivity index (χ4n) is 2.01. The first kappa shape index (κ1) is 12.4. The lowest BCUT2D eigenvalue weighted by atomic mass is 10.1. The highest BCUT2D eigenvalue weighted by atomic mass is 79.9. The van der Waals surface area contributed by atoms with Crippen molar-refractivity contribution in [3.05, 3.63) is 52.3 Å². The van der Waals surface area contributed by atoms with Crippen LogP contribution in [0.15, 0.2) is 41.1 Å². The summed E-state index contributed by atoms with van der Waals surface area (Å²) in [6.45, 7) is 1.01. The molecule has 1 aliphatic heterocycles. The Morgan fingerprint density at radius 3 is 3.11 bits per heavy atom. The van der Waals surface area contributed by atoms with Gasteiger partial charge in [0.15, 0.2) is 0 Å². The average Bonchev–Trinajstić information content (AvgIpc) is 2.78. The molecular formula is C14H13BrN2O2. The van der Waals surface area contributed by atoms with E-state index in [1.54, 1.807) is 12.4 Å². The number of benzene rings is 1. The normalized spacial score (nSPS) is 16.8. The summed E-state index contributed by atoms with van der Waals surface area (Å²) in [6.07, 6.45) is 3.53. The lowest BCUT2D eigenvalue weighted by Crippen LogP contribution is -2.10. The molecule has 2 heterocycles. The van der Waals surface area contributed by atoms with Crippen molar-refractivity contribution in [2.75, 3.05) is 6.61 Å². The van der Waals surface area contributed by atoms with E-state index in [1.807, 2.05) is 24.3 Å². The van der Waals surface area contributed by atoms with Crippen LogP contribution in [0.1, 0.15) is 17.2 Å². The van der Waals surface area contributed by atoms with Crippen molar-refractivity contribution < 1.29 is 9.47 Å². The van der Waals surface area contributed by atoms with Crippen molar-refractivity contribution in [2.24, 2.45) is 5.73 Å². The molecule has 5 heteroatoms. The van der Waals surface area contributed by atoms with Gasteiger partial charge < -0.3 is 15.2 Å². The van der Waals surface area contributed by atoms with Crippen LogP contribution in [0.2, 0.25) is 0 Å². The van der Waals surface area contributed by atoms with E-state index in [9.17, 15) is 0 Å². The first-order valence-electron chi connectivity index (χ1n) is 5.97. The molecule has 1 unspecified atom stereocenters. The largest absolute Gasteiger partial charge is 0.491 e. The molecule has 98 valence electrons. The Bertz CT molecular complexity index is 604. The molecule has 0 amide bonds.